The van der Waals surface area contributed by atoms with Gasteiger partial charge < -0.3 is 0 Å². The Morgan fingerprint density at radius 2 is 1.74 bits per heavy atom. The third-order valence-electron chi connectivity index (χ3n) is 4.98. The van der Waals surface area contributed by atoms with E-state index >= 15 is 0 Å². The van der Waals surface area contributed by atoms with E-state index in [2.05, 4.69) is 49.2 Å². The molecule has 0 N–H and O–H groups in total. The van der Waals surface area contributed by atoms with E-state index in [4.69, 9.17) is 0 Å². The number of hydrogen-bond acceptors (Lipinski definition) is 2. The van der Waals surface area contributed by atoms with Gasteiger partial charge in [0.2, 0.25) is 0 Å². The van der Waals surface area contributed by atoms with Crippen molar-refractivity contribution in [3.05, 3.63) is 64.4 Å². The molecule has 0 atom stereocenters. The summed E-state index contributed by atoms with van der Waals surface area (Å²) in [4.78, 5) is 15.1. The third-order valence-corrected chi connectivity index (χ3v) is 7.32. The summed E-state index contributed by atoms with van der Waals surface area (Å²) in [6.07, 6.45) is 7.99. The molecule has 3 nitrogen and oxygen atoms in total. The zero-order chi connectivity index (χ0) is 19.1. The molecular weight excluding hydrogens is 399 g/mol. The summed E-state index contributed by atoms with van der Waals surface area (Å²) in [6.45, 7) is 4.33. The van der Waals surface area contributed by atoms with Crippen LogP contribution in [0.1, 0.15) is 51.0 Å². The van der Waals surface area contributed by atoms with Crippen molar-refractivity contribution in [2.75, 3.05) is 13.6 Å². The number of hydrogen-bond donors (Lipinski definition) is 0. The first-order valence-electron chi connectivity index (χ1n) is 10.1. The monoisotopic (exact) mass is 430 g/mol. The summed E-state index contributed by atoms with van der Waals surface area (Å²) in [7, 11) is 2.19. The van der Waals surface area contributed by atoms with Crippen LogP contribution in [-0.4, -0.2) is 36.8 Å². The molecule has 144 valence electrons. The molecule has 27 heavy (non-hydrogen) atoms. The normalized spacial score (nSPS) is 11.5. The molecule has 4 heteroatoms. The van der Waals surface area contributed by atoms with Crippen molar-refractivity contribution < 1.29 is 0 Å². The molecule has 2 aromatic carbocycles. The SMILES string of the molecule is CCCCCCCCN(C)Cc1cccc(-n2[se]c3ccccc3c2=O)c1. The molecule has 0 amide bonds. The van der Waals surface area contributed by atoms with Crippen molar-refractivity contribution in [1.29, 1.82) is 0 Å². The maximum atomic E-state index is 12.7. The van der Waals surface area contributed by atoms with Crippen LogP contribution in [-0.2, 0) is 6.54 Å². The molecule has 0 radical (unpaired) electrons. The van der Waals surface area contributed by atoms with Crippen molar-refractivity contribution in [3.8, 4) is 5.69 Å². The first-order chi connectivity index (χ1) is 13.2. The average Bonchev–Trinajstić information content (AvgIpc) is 3.02. The van der Waals surface area contributed by atoms with Crippen LogP contribution in [0, 0.1) is 0 Å². The zero-order valence-electron chi connectivity index (χ0n) is 16.5. The van der Waals surface area contributed by atoms with E-state index in [1.807, 2.05) is 21.8 Å². The molecular formula is C23H30N2OSe. The Kier molecular flexibility index (Phi) is 7.51. The predicted octanol–water partition coefficient (Wildman–Crippen LogP) is 4.84. The molecule has 0 aliphatic rings. The molecule has 0 spiro atoms. The molecule has 0 saturated heterocycles. The Bertz CT molecular complexity index is 912. The van der Waals surface area contributed by atoms with Crippen LogP contribution in [0.3, 0.4) is 0 Å². The molecule has 0 aliphatic heterocycles. The van der Waals surface area contributed by atoms with Crippen molar-refractivity contribution in [3.63, 3.8) is 0 Å². The standard InChI is InChI=1S/C23H30N2OSe/c1-3-4-5-6-7-10-16-24(2)18-19-12-11-13-20(17-19)25-23(26)21-14-8-9-15-22(21)27-25/h8-9,11-15,17H,3-7,10,16,18H2,1-2H3. The number of unbranched alkanes of at least 4 members (excludes halogenated alkanes) is 5. The van der Waals surface area contributed by atoms with Crippen molar-refractivity contribution in [2.45, 2.75) is 52.0 Å². The maximum absolute atomic E-state index is 12.7. The van der Waals surface area contributed by atoms with Crippen LogP contribution < -0.4 is 5.56 Å². The van der Waals surface area contributed by atoms with E-state index in [1.54, 1.807) is 0 Å². The molecule has 0 bridgehead atoms. The van der Waals surface area contributed by atoms with E-state index in [0.29, 0.717) is 0 Å². The number of rotatable bonds is 10. The minimum atomic E-state index is 0.0384. The van der Waals surface area contributed by atoms with Gasteiger partial charge in [-0.1, -0.05) is 13.3 Å². The van der Waals surface area contributed by atoms with Crippen molar-refractivity contribution in [2.24, 2.45) is 0 Å². The van der Waals surface area contributed by atoms with Crippen LogP contribution in [0.15, 0.2) is 53.3 Å². The second-order valence-electron chi connectivity index (χ2n) is 7.36. The Morgan fingerprint density at radius 3 is 2.56 bits per heavy atom. The molecule has 1 heterocycles. The van der Waals surface area contributed by atoms with E-state index in [0.717, 1.165) is 24.2 Å². The topological polar surface area (TPSA) is 25.2 Å². The fourth-order valence-corrected chi connectivity index (χ4v) is 5.55. The van der Waals surface area contributed by atoms with Gasteiger partial charge in [0.05, 0.1) is 0 Å². The molecule has 3 rings (SSSR count). The van der Waals surface area contributed by atoms with Crippen LogP contribution >= 0.6 is 0 Å². The van der Waals surface area contributed by atoms with Crippen molar-refractivity contribution >= 4 is 24.4 Å². The summed E-state index contributed by atoms with van der Waals surface area (Å²) >= 11 is 0.0384. The summed E-state index contributed by atoms with van der Waals surface area (Å²) < 4.78 is 3.13. The number of aromatic nitrogens is 1. The van der Waals surface area contributed by atoms with Crippen LogP contribution in [0.5, 0.6) is 0 Å². The van der Waals surface area contributed by atoms with E-state index < -0.39 is 0 Å². The van der Waals surface area contributed by atoms with Gasteiger partial charge in [0.1, 0.15) is 0 Å². The van der Waals surface area contributed by atoms with Gasteiger partial charge in [-0.05, 0) is 0 Å². The number of nitrogens with zero attached hydrogens (tertiary/aromatic N) is 2. The molecule has 0 aliphatic carbocycles. The molecule has 3 aromatic rings. The van der Waals surface area contributed by atoms with Gasteiger partial charge in [-0.25, -0.2) is 0 Å². The van der Waals surface area contributed by atoms with Gasteiger partial charge >= 0.3 is 155 Å². The number of fused-ring (bicyclic) bond motifs is 1. The van der Waals surface area contributed by atoms with E-state index in [1.165, 1.54) is 48.3 Å². The third kappa shape index (κ3) is 5.44. The number of benzene rings is 2. The van der Waals surface area contributed by atoms with E-state index in [9.17, 15) is 4.79 Å². The quantitative estimate of drug-likeness (QED) is 0.340. The fraction of sp³-hybridized carbons (Fsp3) is 0.435. The van der Waals surface area contributed by atoms with Crippen LogP contribution in [0.25, 0.3) is 15.3 Å². The second kappa shape index (κ2) is 10.1. The first kappa shape index (κ1) is 20.1. The average molecular weight is 429 g/mol. The second-order valence-corrected chi connectivity index (χ2v) is 9.43. The zero-order valence-corrected chi connectivity index (χ0v) is 18.2. The minimum absolute atomic E-state index is 0.0384. The molecule has 0 unspecified atom stereocenters. The first-order valence-corrected chi connectivity index (χ1v) is 11.7. The van der Waals surface area contributed by atoms with Gasteiger partial charge in [-0.3, -0.25) is 0 Å². The molecule has 1 aromatic heterocycles. The summed E-state index contributed by atoms with van der Waals surface area (Å²) in [5.74, 6) is 0. The van der Waals surface area contributed by atoms with E-state index in [-0.39, 0.29) is 20.3 Å². The fourth-order valence-electron chi connectivity index (χ4n) is 3.48. The van der Waals surface area contributed by atoms with Gasteiger partial charge in [0.25, 0.3) is 0 Å². The summed E-state index contributed by atoms with van der Waals surface area (Å²) in [5, 5.41) is 0.864. The predicted molar refractivity (Wildman–Crippen MR) is 116 cm³/mol. The Balaban J connectivity index is 1.62. The summed E-state index contributed by atoms with van der Waals surface area (Å²) in [5.41, 5.74) is 2.45. The molecule has 0 saturated carbocycles. The Labute approximate surface area is 168 Å². The Morgan fingerprint density at radius 1 is 0.963 bits per heavy atom. The van der Waals surface area contributed by atoms with Crippen LogP contribution in [0.4, 0.5) is 0 Å². The summed E-state index contributed by atoms with van der Waals surface area (Å²) in [6, 6.07) is 16.5. The van der Waals surface area contributed by atoms with Gasteiger partial charge in [0, 0.05) is 0 Å². The van der Waals surface area contributed by atoms with Crippen LogP contribution in [0.2, 0.25) is 0 Å². The van der Waals surface area contributed by atoms with Gasteiger partial charge in [-0.2, -0.15) is 0 Å². The van der Waals surface area contributed by atoms with Gasteiger partial charge in [-0.15, -0.1) is 0 Å². The molecule has 0 fully saturated rings. The van der Waals surface area contributed by atoms with Crippen molar-refractivity contribution in [1.82, 2.24) is 8.46 Å². The Hall–Kier alpha value is -1.61. The van der Waals surface area contributed by atoms with Gasteiger partial charge in [0.15, 0.2) is 0 Å².